The molecule has 2 aromatic rings. The predicted molar refractivity (Wildman–Crippen MR) is 146 cm³/mol. The molecule has 3 N–H and O–H groups in total. The Hall–Kier alpha value is -3.69. The summed E-state index contributed by atoms with van der Waals surface area (Å²) in [5.74, 6) is -0.668. The molecule has 2 amide bonds. The van der Waals surface area contributed by atoms with Crippen molar-refractivity contribution in [2.24, 2.45) is 5.92 Å². The highest BCUT2D eigenvalue weighted by molar-refractivity contribution is 5.86. The van der Waals surface area contributed by atoms with Gasteiger partial charge in [0.2, 0.25) is 11.8 Å². The second-order valence-corrected chi connectivity index (χ2v) is 9.34. The second-order valence-electron chi connectivity index (χ2n) is 9.34. The Bertz CT molecular complexity index is 1060. The molecule has 1 aliphatic rings. The number of hydrogen-bond acceptors (Lipinski definition) is 7. The quantitative estimate of drug-likeness (QED) is 0.216. The Morgan fingerprint density at radius 3 is 2.59 bits per heavy atom. The summed E-state index contributed by atoms with van der Waals surface area (Å²) in [5, 5.41) is 14.5. The van der Waals surface area contributed by atoms with E-state index < -0.39 is 12.0 Å². The van der Waals surface area contributed by atoms with Gasteiger partial charge < -0.3 is 30.0 Å². The topological polar surface area (TPSA) is 123 Å². The van der Waals surface area contributed by atoms with Crippen molar-refractivity contribution >= 4 is 17.8 Å². The summed E-state index contributed by atoms with van der Waals surface area (Å²) in [6, 6.07) is 17.1. The fraction of sp³-hybridized carbons (Fsp3) is 0.433. The molecule has 0 fully saturated rings. The predicted octanol–water partition coefficient (Wildman–Crippen LogP) is 2.71. The fourth-order valence-electron chi connectivity index (χ4n) is 4.07. The molecule has 0 aromatic heterocycles. The average molecular weight is 539 g/mol. The van der Waals surface area contributed by atoms with Crippen molar-refractivity contribution in [3.05, 3.63) is 77.9 Å². The summed E-state index contributed by atoms with van der Waals surface area (Å²) in [6.45, 7) is 1.22. The van der Waals surface area contributed by atoms with Gasteiger partial charge in [-0.1, -0.05) is 54.6 Å². The van der Waals surface area contributed by atoms with E-state index in [9.17, 15) is 14.4 Å². The first kappa shape index (κ1) is 29.9. The normalized spacial score (nSPS) is 18.3. The third-order valence-corrected chi connectivity index (χ3v) is 6.15. The van der Waals surface area contributed by atoms with Crippen molar-refractivity contribution in [3.63, 3.8) is 0 Å². The first-order valence-corrected chi connectivity index (χ1v) is 13.4. The van der Waals surface area contributed by atoms with Crippen LogP contribution in [0.1, 0.15) is 36.8 Å². The third-order valence-electron chi connectivity index (χ3n) is 6.15. The van der Waals surface area contributed by atoms with Crippen LogP contribution in [0.5, 0.6) is 5.75 Å². The van der Waals surface area contributed by atoms with E-state index in [1.54, 1.807) is 0 Å². The fourth-order valence-corrected chi connectivity index (χ4v) is 4.07. The minimum absolute atomic E-state index is 0.0239. The Labute approximate surface area is 229 Å². The zero-order valence-electron chi connectivity index (χ0n) is 22.2. The summed E-state index contributed by atoms with van der Waals surface area (Å²) in [4.78, 5) is 37.8. The van der Waals surface area contributed by atoms with Crippen LogP contribution in [0.15, 0.2) is 66.7 Å². The van der Waals surface area contributed by atoms with Crippen molar-refractivity contribution in [2.45, 2.75) is 44.8 Å². The molecule has 0 radical (unpaired) electrons. The number of aliphatic hydroxyl groups is 1. The molecule has 2 atom stereocenters. The summed E-state index contributed by atoms with van der Waals surface area (Å²) in [5.41, 5.74) is 2.03. The molecule has 1 heterocycles. The van der Waals surface area contributed by atoms with Gasteiger partial charge in [0, 0.05) is 19.4 Å². The van der Waals surface area contributed by atoms with Crippen LogP contribution in [0.2, 0.25) is 0 Å². The van der Waals surface area contributed by atoms with E-state index in [4.69, 9.17) is 19.3 Å². The minimum Gasteiger partial charge on any atom is -0.489 e. The molecule has 1 aliphatic heterocycles. The number of nitrogens with one attached hydrogen (secondary N) is 2. The Kier molecular flexibility index (Phi) is 13.0. The lowest BCUT2D eigenvalue weighted by Crippen LogP contribution is -2.44. The number of ether oxygens (including phenoxy) is 3. The van der Waals surface area contributed by atoms with Gasteiger partial charge in [0.15, 0.2) is 0 Å². The molecule has 39 heavy (non-hydrogen) atoms. The molecule has 0 bridgehead atoms. The molecule has 9 nitrogen and oxygen atoms in total. The number of esters is 1. The lowest BCUT2D eigenvalue weighted by molar-refractivity contribution is -0.145. The Morgan fingerprint density at radius 1 is 1.03 bits per heavy atom. The van der Waals surface area contributed by atoms with Gasteiger partial charge in [0.05, 0.1) is 31.8 Å². The lowest BCUT2D eigenvalue weighted by Gasteiger charge is -2.23. The molecule has 0 spiro atoms. The average Bonchev–Trinajstić information content (AvgIpc) is 2.94. The van der Waals surface area contributed by atoms with Gasteiger partial charge in [-0.05, 0) is 42.5 Å². The van der Waals surface area contributed by atoms with Crippen LogP contribution in [0.3, 0.4) is 0 Å². The lowest BCUT2D eigenvalue weighted by atomic mass is 9.97. The van der Waals surface area contributed by atoms with Crippen molar-refractivity contribution < 1.29 is 33.7 Å². The molecule has 0 aliphatic carbocycles. The third kappa shape index (κ3) is 11.7. The number of aliphatic hydroxyl groups excluding tert-OH is 1. The Morgan fingerprint density at radius 2 is 1.82 bits per heavy atom. The van der Waals surface area contributed by atoms with Gasteiger partial charge in [-0.25, -0.2) is 0 Å². The largest absolute Gasteiger partial charge is 0.489 e. The zero-order chi connectivity index (χ0) is 27.7. The van der Waals surface area contributed by atoms with E-state index >= 15 is 0 Å². The number of hydrogen-bond donors (Lipinski definition) is 3. The van der Waals surface area contributed by atoms with Crippen LogP contribution in [0.25, 0.3) is 0 Å². The Balaban J connectivity index is 1.59. The molecule has 0 unspecified atom stereocenters. The first-order chi connectivity index (χ1) is 19.0. The van der Waals surface area contributed by atoms with Crippen LogP contribution in [-0.2, 0) is 36.9 Å². The number of rotatable bonds is 12. The molecule has 3 rings (SSSR count). The van der Waals surface area contributed by atoms with E-state index in [1.807, 2.05) is 66.7 Å². The molecule has 0 saturated heterocycles. The SMILES string of the molecule is O=C(C[C@H]1CC=CCCC(=O)OC[C@H](Cc2ccc(OCc3ccccc3)cc2)NC1=O)NCCOCCO. The van der Waals surface area contributed by atoms with Crippen LogP contribution < -0.4 is 15.4 Å². The van der Waals surface area contributed by atoms with Gasteiger partial charge in [-0.3, -0.25) is 14.4 Å². The summed E-state index contributed by atoms with van der Waals surface area (Å²) in [6.07, 6.45) is 5.30. The first-order valence-electron chi connectivity index (χ1n) is 13.4. The summed E-state index contributed by atoms with van der Waals surface area (Å²) in [7, 11) is 0. The molecule has 9 heteroatoms. The summed E-state index contributed by atoms with van der Waals surface area (Å²) < 4.78 is 16.4. The number of allylic oxidation sites excluding steroid dienone is 2. The maximum Gasteiger partial charge on any atom is 0.306 e. The van der Waals surface area contributed by atoms with E-state index in [2.05, 4.69) is 10.6 Å². The molecule has 0 saturated carbocycles. The van der Waals surface area contributed by atoms with Crippen LogP contribution in [0, 0.1) is 5.92 Å². The monoisotopic (exact) mass is 538 g/mol. The van der Waals surface area contributed by atoms with Gasteiger partial charge in [0.25, 0.3) is 0 Å². The summed E-state index contributed by atoms with van der Waals surface area (Å²) >= 11 is 0. The molecular weight excluding hydrogens is 500 g/mol. The number of amides is 2. The highest BCUT2D eigenvalue weighted by Crippen LogP contribution is 2.17. The molecule has 210 valence electrons. The molecular formula is C30H38N2O7. The van der Waals surface area contributed by atoms with Crippen molar-refractivity contribution in [3.8, 4) is 5.75 Å². The van der Waals surface area contributed by atoms with Crippen LogP contribution in [-0.4, -0.2) is 61.9 Å². The molecule has 2 aromatic carbocycles. The van der Waals surface area contributed by atoms with Gasteiger partial charge in [-0.15, -0.1) is 0 Å². The van der Waals surface area contributed by atoms with Crippen molar-refractivity contribution in [2.75, 3.05) is 33.0 Å². The van der Waals surface area contributed by atoms with Crippen molar-refractivity contribution in [1.29, 1.82) is 0 Å². The number of cyclic esters (lactones) is 1. The number of carbonyl (C=O) groups is 3. The highest BCUT2D eigenvalue weighted by atomic mass is 16.5. The maximum absolute atomic E-state index is 13.2. The van der Waals surface area contributed by atoms with Gasteiger partial charge in [0.1, 0.15) is 19.0 Å². The number of carbonyl (C=O) groups excluding carboxylic acids is 3. The van der Waals surface area contributed by atoms with Gasteiger partial charge >= 0.3 is 5.97 Å². The maximum atomic E-state index is 13.2. The minimum atomic E-state index is -0.564. The second kappa shape index (κ2) is 17.0. The van der Waals surface area contributed by atoms with E-state index in [0.717, 1.165) is 16.9 Å². The standard InChI is InChI=1S/C30H38N2O7/c33-16-18-37-17-15-31-28(34)20-25-9-5-2-6-10-29(35)39-22-26(32-30(25)36)19-23-11-13-27(14-12-23)38-21-24-7-3-1-4-8-24/h1-5,7-8,11-14,25-26,33H,6,9-10,15-22H2,(H,31,34)(H,32,36)/t25-,26+/m1/s1. The van der Waals surface area contributed by atoms with E-state index in [0.29, 0.717) is 32.4 Å². The van der Waals surface area contributed by atoms with Crippen LogP contribution in [0.4, 0.5) is 0 Å². The van der Waals surface area contributed by atoms with Gasteiger partial charge in [-0.2, -0.15) is 0 Å². The highest BCUT2D eigenvalue weighted by Gasteiger charge is 2.25. The van der Waals surface area contributed by atoms with Crippen molar-refractivity contribution in [1.82, 2.24) is 10.6 Å². The van der Waals surface area contributed by atoms with E-state index in [1.165, 1.54) is 0 Å². The van der Waals surface area contributed by atoms with Crippen LogP contribution >= 0.6 is 0 Å². The zero-order valence-corrected chi connectivity index (χ0v) is 22.2. The van der Waals surface area contributed by atoms with E-state index in [-0.39, 0.29) is 57.1 Å². The number of benzene rings is 2. The smallest absolute Gasteiger partial charge is 0.306 e.